The van der Waals surface area contributed by atoms with E-state index in [2.05, 4.69) is 20.3 Å². The van der Waals surface area contributed by atoms with Crippen LogP contribution in [-0.4, -0.2) is 36.0 Å². The first kappa shape index (κ1) is 11.8. The molecule has 0 unspecified atom stereocenters. The molecule has 0 aliphatic heterocycles. The molecule has 1 aromatic heterocycles. The molecule has 94 valence electrons. The molecule has 17 heavy (non-hydrogen) atoms. The molecule has 1 heterocycles. The molecule has 1 aromatic rings. The molecular formula is C10H16N4O3. The van der Waals surface area contributed by atoms with Crippen LogP contribution in [0.5, 0.6) is 0 Å². The summed E-state index contributed by atoms with van der Waals surface area (Å²) in [6, 6.07) is 0. The Morgan fingerprint density at radius 3 is 3.00 bits per heavy atom. The highest BCUT2D eigenvalue weighted by atomic mass is 16.6. The minimum Gasteiger partial charge on any atom is -0.381 e. The highest BCUT2D eigenvalue weighted by Crippen LogP contribution is 2.28. The van der Waals surface area contributed by atoms with Crippen molar-refractivity contribution in [1.29, 1.82) is 0 Å². The van der Waals surface area contributed by atoms with Crippen LogP contribution in [0.1, 0.15) is 29.8 Å². The third-order valence-electron chi connectivity index (χ3n) is 2.53. The molecular weight excluding hydrogens is 224 g/mol. The highest BCUT2D eigenvalue weighted by Gasteiger charge is 2.20. The van der Waals surface area contributed by atoms with Crippen LogP contribution in [0.4, 0.5) is 5.82 Å². The van der Waals surface area contributed by atoms with E-state index in [1.807, 2.05) is 0 Å². The van der Waals surface area contributed by atoms with E-state index >= 15 is 0 Å². The van der Waals surface area contributed by atoms with Gasteiger partial charge in [0, 0.05) is 19.8 Å². The van der Waals surface area contributed by atoms with E-state index in [0.717, 1.165) is 18.9 Å². The van der Waals surface area contributed by atoms with Crippen molar-refractivity contribution in [3.05, 3.63) is 5.69 Å². The molecule has 1 aliphatic carbocycles. The van der Waals surface area contributed by atoms with Crippen molar-refractivity contribution < 1.29 is 14.2 Å². The minimum atomic E-state index is -0.369. The van der Waals surface area contributed by atoms with Crippen molar-refractivity contribution in [3.63, 3.8) is 0 Å². The number of ether oxygens (including phenoxy) is 1. The lowest BCUT2D eigenvalue weighted by Crippen LogP contribution is -2.26. The van der Waals surface area contributed by atoms with Gasteiger partial charge in [-0.2, -0.15) is 0 Å². The van der Waals surface area contributed by atoms with Crippen LogP contribution in [0.25, 0.3) is 0 Å². The Bertz CT molecular complexity index is 375. The van der Waals surface area contributed by atoms with Crippen LogP contribution < -0.4 is 11.1 Å². The largest absolute Gasteiger partial charge is 0.381 e. The molecule has 0 saturated heterocycles. The maximum atomic E-state index is 11.5. The van der Waals surface area contributed by atoms with Gasteiger partial charge in [-0.05, 0) is 35.5 Å². The van der Waals surface area contributed by atoms with Crippen LogP contribution >= 0.6 is 0 Å². The summed E-state index contributed by atoms with van der Waals surface area (Å²) in [6.07, 6.45) is 3.34. The number of hydrogen-bond donors (Lipinski definition) is 2. The van der Waals surface area contributed by atoms with Gasteiger partial charge in [0.15, 0.2) is 0 Å². The van der Waals surface area contributed by atoms with E-state index in [1.165, 1.54) is 12.8 Å². The fraction of sp³-hybridized carbons (Fsp3) is 0.700. The Labute approximate surface area is 98.6 Å². The second kappa shape index (κ2) is 5.62. The van der Waals surface area contributed by atoms with Crippen LogP contribution in [0.2, 0.25) is 0 Å². The Hall–Kier alpha value is -1.63. The van der Waals surface area contributed by atoms with Crippen molar-refractivity contribution >= 4 is 11.7 Å². The quantitative estimate of drug-likeness (QED) is 0.660. The number of rotatable bonds is 7. The molecule has 7 heteroatoms. The maximum Gasteiger partial charge on any atom is 0.277 e. The van der Waals surface area contributed by atoms with Gasteiger partial charge in [0.25, 0.3) is 5.91 Å². The molecule has 1 amide bonds. The smallest absolute Gasteiger partial charge is 0.277 e. The van der Waals surface area contributed by atoms with Crippen molar-refractivity contribution in [2.24, 2.45) is 5.92 Å². The SMILES string of the molecule is Nc1nonc1C(=O)NCCCOCC1CC1. The number of nitrogen functional groups attached to an aromatic ring is 1. The van der Waals surface area contributed by atoms with E-state index in [0.29, 0.717) is 13.2 Å². The number of amides is 1. The van der Waals surface area contributed by atoms with Crippen LogP contribution in [0.3, 0.4) is 0 Å². The summed E-state index contributed by atoms with van der Waals surface area (Å²) < 4.78 is 9.77. The zero-order valence-corrected chi connectivity index (χ0v) is 9.52. The van der Waals surface area contributed by atoms with Gasteiger partial charge in [-0.15, -0.1) is 0 Å². The van der Waals surface area contributed by atoms with Crippen LogP contribution in [0.15, 0.2) is 4.63 Å². The Balaban J connectivity index is 1.55. The Kier molecular flexibility index (Phi) is 3.92. The predicted molar refractivity (Wildman–Crippen MR) is 59.2 cm³/mol. The molecule has 0 bridgehead atoms. The standard InChI is InChI=1S/C10H16N4O3/c11-9-8(13-17-14-9)10(15)12-4-1-5-16-6-7-2-3-7/h7H,1-6H2,(H2,11,14)(H,12,15). The zero-order chi connectivity index (χ0) is 12.1. The van der Waals surface area contributed by atoms with Crippen LogP contribution in [-0.2, 0) is 4.74 Å². The molecule has 1 fully saturated rings. The Morgan fingerprint density at radius 2 is 2.35 bits per heavy atom. The third kappa shape index (κ3) is 3.70. The molecule has 0 radical (unpaired) electrons. The summed E-state index contributed by atoms with van der Waals surface area (Å²) in [5.74, 6) is 0.407. The van der Waals surface area contributed by atoms with Gasteiger partial charge in [0.2, 0.25) is 11.5 Å². The number of nitrogens with zero attached hydrogens (tertiary/aromatic N) is 2. The summed E-state index contributed by atoms with van der Waals surface area (Å²) >= 11 is 0. The number of carbonyl (C=O) groups excluding carboxylic acids is 1. The van der Waals surface area contributed by atoms with E-state index in [1.54, 1.807) is 0 Å². The first-order valence-corrected chi connectivity index (χ1v) is 5.71. The van der Waals surface area contributed by atoms with Crippen molar-refractivity contribution in [3.8, 4) is 0 Å². The second-order valence-corrected chi connectivity index (χ2v) is 4.13. The Morgan fingerprint density at radius 1 is 1.53 bits per heavy atom. The number of nitrogens with one attached hydrogen (secondary N) is 1. The summed E-state index contributed by atoms with van der Waals surface area (Å²) in [4.78, 5) is 11.5. The lowest BCUT2D eigenvalue weighted by atomic mass is 10.3. The monoisotopic (exact) mass is 240 g/mol. The summed E-state index contributed by atoms with van der Waals surface area (Å²) in [5.41, 5.74) is 5.41. The second-order valence-electron chi connectivity index (χ2n) is 4.13. The molecule has 0 spiro atoms. The average molecular weight is 240 g/mol. The summed E-state index contributed by atoms with van der Waals surface area (Å²) in [6.45, 7) is 2.02. The molecule has 3 N–H and O–H groups in total. The van der Waals surface area contributed by atoms with E-state index < -0.39 is 0 Å². The lowest BCUT2D eigenvalue weighted by molar-refractivity contribution is 0.0928. The van der Waals surface area contributed by atoms with Crippen molar-refractivity contribution in [2.75, 3.05) is 25.5 Å². The first-order chi connectivity index (χ1) is 8.27. The first-order valence-electron chi connectivity index (χ1n) is 5.71. The third-order valence-corrected chi connectivity index (χ3v) is 2.53. The van der Waals surface area contributed by atoms with E-state index in [9.17, 15) is 4.79 Å². The number of aromatic nitrogens is 2. The molecule has 0 atom stereocenters. The number of anilines is 1. The van der Waals surface area contributed by atoms with Crippen LogP contribution in [0, 0.1) is 5.92 Å². The van der Waals surface area contributed by atoms with Crippen molar-refractivity contribution in [2.45, 2.75) is 19.3 Å². The van der Waals surface area contributed by atoms with Gasteiger partial charge in [0.1, 0.15) is 0 Å². The fourth-order valence-corrected chi connectivity index (χ4v) is 1.35. The van der Waals surface area contributed by atoms with E-state index in [4.69, 9.17) is 10.5 Å². The molecule has 0 aromatic carbocycles. The average Bonchev–Trinajstić information content (AvgIpc) is 3.04. The number of nitrogens with two attached hydrogens (primary N) is 1. The van der Waals surface area contributed by atoms with Gasteiger partial charge in [-0.1, -0.05) is 0 Å². The molecule has 1 saturated carbocycles. The lowest BCUT2D eigenvalue weighted by Gasteiger charge is -2.04. The molecule has 7 nitrogen and oxygen atoms in total. The number of hydrogen-bond acceptors (Lipinski definition) is 6. The van der Waals surface area contributed by atoms with E-state index in [-0.39, 0.29) is 17.4 Å². The summed E-state index contributed by atoms with van der Waals surface area (Å²) in [7, 11) is 0. The summed E-state index contributed by atoms with van der Waals surface area (Å²) in [5, 5.41) is 9.40. The highest BCUT2D eigenvalue weighted by molar-refractivity contribution is 5.95. The van der Waals surface area contributed by atoms with Gasteiger partial charge in [-0.25, -0.2) is 4.63 Å². The van der Waals surface area contributed by atoms with Gasteiger partial charge >= 0.3 is 0 Å². The number of carbonyl (C=O) groups is 1. The van der Waals surface area contributed by atoms with Gasteiger partial charge in [0.05, 0.1) is 0 Å². The normalized spacial score (nSPS) is 14.8. The van der Waals surface area contributed by atoms with Gasteiger partial charge in [-0.3, -0.25) is 4.79 Å². The fourth-order valence-electron chi connectivity index (χ4n) is 1.35. The van der Waals surface area contributed by atoms with Crippen molar-refractivity contribution in [1.82, 2.24) is 15.6 Å². The topological polar surface area (TPSA) is 103 Å². The van der Waals surface area contributed by atoms with Gasteiger partial charge < -0.3 is 15.8 Å². The molecule has 1 aliphatic rings. The maximum absolute atomic E-state index is 11.5. The zero-order valence-electron chi connectivity index (χ0n) is 9.52. The minimum absolute atomic E-state index is 0.00693. The predicted octanol–water partition coefficient (Wildman–Crippen LogP) is 0.198. The molecule has 2 rings (SSSR count).